The fourth-order valence-electron chi connectivity index (χ4n) is 3.39. The summed E-state index contributed by atoms with van der Waals surface area (Å²) >= 11 is 2.07. The lowest BCUT2D eigenvalue weighted by Gasteiger charge is -2.17. The lowest BCUT2D eigenvalue weighted by atomic mass is 10.1. The van der Waals surface area contributed by atoms with E-state index >= 15 is 0 Å². The first kappa shape index (κ1) is 21.6. The third-order valence-corrected chi connectivity index (χ3v) is 5.96. The molecule has 1 aromatic carbocycles. The number of amides is 1. The standard InChI is InChI=1S/C21H34N4OS/c1-5-22-21(24-18-10-11-19(15-18)27-6-2)23-13-12-16-8-7-9-17(14-16)20(26)25(3)4/h7-9,14,18-19H,5-6,10-13,15H2,1-4H3,(H2,22,23,24). The molecule has 2 unspecified atom stereocenters. The normalized spacial score (nSPS) is 19.8. The molecule has 6 heteroatoms. The quantitative estimate of drug-likeness (QED) is 0.529. The van der Waals surface area contributed by atoms with Crippen LogP contribution in [0, 0.1) is 0 Å². The minimum Gasteiger partial charge on any atom is -0.357 e. The highest BCUT2D eigenvalue weighted by Gasteiger charge is 2.25. The van der Waals surface area contributed by atoms with Crippen LogP contribution in [0.5, 0.6) is 0 Å². The lowest BCUT2D eigenvalue weighted by molar-refractivity contribution is 0.0827. The topological polar surface area (TPSA) is 56.7 Å². The van der Waals surface area contributed by atoms with Crippen LogP contribution >= 0.6 is 11.8 Å². The van der Waals surface area contributed by atoms with Crippen molar-refractivity contribution in [3.8, 4) is 0 Å². The van der Waals surface area contributed by atoms with Crippen LogP contribution < -0.4 is 10.6 Å². The molecule has 0 bridgehead atoms. The molecular formula is C21H34N4OS. The molecule has 0 radical (unpaired) electrons. The summed E-state index contributed by atoms with van der Waals surface area (Å²) in [6.45, 7) is 5.89. The van der Waals surface area contributed by atoms with Gasteiger partial charge < -0.3 is 15.5 Å². The summed E-state index contributed by atoms with van der Waals surface area (Å²) < 4.78 is 0. The van der Waals surface area contributed by atoms with Gasteiger partial charge in [-0.25, -0.2) is 0 Å². The maximum atomic E-state index is 12.1. The monoisotopic (exact) mass is 390 g/mol. The van der Waals surface area contributed by atoms with Gasteiger partial charge in [-0.15, -0.1) is 0 Å². The first-order valence-electron chi connectivity index (χ1n) is 10.0. The number of aliphatic imine (C=N–C) groups is 1. The molecule has 0 heterocycles. The Morgan fingerprint density at radius 1 is 1.30 bits per heavy atom. The minimum absolute atomic E-state index is 0.0380. The van der Waals surface area contributed by atoms with Crippen molar-refractivity contribution in [3.63, 3.8) is 0 Å². The van der Waals surface area contributed by atoms with Crippen molar-refractivity contribution in [3.05, 3.63) is 35.4 Å². The van der Waals surface area contributed by atoms with Crippen molar-refractivity contribution in [2.75, 3.05) is 32.9 Å². The highest BCUT2D eigenvalue weighted by atomic mass is 32.2. The van der Waals surface area contributed by atoms with Crippen LogP contribution in [0.3, 0.4) is 0 Å². The van der Waals surface area contributed by atoms with Crippen LogP contribution in [0.1, 0.15) is 49.0 Å². The molecule has 0 spiro atoms. The predicted molar refractivity (Wildman–Crippen MR) is 117 cm³/mol. The van der Waals surface area contributed by atoms with Gasteiger partial charge in [0.05, 0.1) is 0 Å². The molecule has 5 nitrogen and oxygen atoms in total. The summed E-state index contributed by atoms with van der Waals surface area (Å²) in [5.74, 6) is 2.14. The molecule has 0 aliphatic heterocycles. The molecule has 2 atom stereocenters. The number of nitrogens with one attached hydrogen (secondary N) is 2. The second-order valence-corrected chi connectivity index (χ2v) is 8.72. The fourth-order valence-corrected chi connectivity index (χ4v) is 4.53. The van der Waals surface area contributed by atoms with E-state index in [1.54, 1.807) is 19.0 Å². The molecule has 1 aliphatic carbocycles. The van der Waals surface area contributed by atoms with E-state index in [1.807, 2.05) is 18.2 Å². The molecule has 1 aliphatic rings. The number of hydrogen-bond acceptors (Lipinski definition) is 3. The van der Waals surface area contributed by atoms with Gasteiger partial charge >= 0.3 is 0 Å². The van der Waals surface area contributed by atoms with Crippen molar-refractivity contribution in [1.29, 1.82) is 0 Å². The van der Waals surface area contributed by atoms with Gasteiger partial charge in [-0.1, -0.05) is 19.1 Å². The van der Waals surface area contributed by atoms with Gasteiger partial charge in [-0.2, -0.15) is 11.8 Å². The molecule has 0 saturated heterocycles. The van der Waals surface area contributed by atoms with E-state index in [1.165, 1.54) is 25.0 Å². The highest BCUT2D eigenvalue weighted by molar-refractivity contribution is 7.99. The third kappa shape index (κ3) is 7.09. The largest absolute Gasteiger partial charge is 0.357 e. The first-order valence-corrected chi connectivity index (χ1v) is 11.0. The summed E-state index contributed by atoms with van der Waals surface area (Å²) in [5.41, 5.74) is 1.87. The molecule has 1 aromatic rings. The van der Waals surface area contributed by atoms with Crippen molar-refractivity contribution in [2.45, 2.75) is 50.8 Å². The third-order valence-electron chi connectivity index (χ3n) is 4.72. The Morgan fingerprint density at radius 3 is 2.81 bits per heavy atom. The highest BCUT2D eigenvalue weighted by Crippen LogP contribution is 2.29. The van der Waals surface area contributed by atoms with E-state index in [0.717, 1.165) is 35.3 Å². The van der Waals surface area contributed by atoms with E-state index in [0.29, 0.717) is 12.6 Å². The number of carbonyl (C=O) groups excluding carboxylic acids is 1. The molecule has 27 heavy (non-hydrogen) atoms. The molecule has 150 valence electrons. The Hall–Kier alpha value is -1.69. The minimum atomic E-state index is 0.0380. The van der Waals surface area contributed by atoms with Gasteiger partial charge in [-0.05, 0) is 56.1 Å². The summed E-state index contributed by atoms with van der Waals surface area (Å²) in [5, 5.41) is 7.74. The second kappa shape index (κ2) is 11.2. The molecule has 1 amide bonds. The summed E-state index contributed by atoms with van der Waals surface area (Å²) in [6.07, 6.45) is 4.56. The summed E-state index contributed by atoms with van der Waals surface area (Å²) in [6, 6.07) is 8.37. The fraction of sp³-hybridized carbons (Fsp3) is 0.619. The summed E-state index contributed by atoms with van der Waals surface area (Å²) in [7, 11) is 3.56. The number of benzene rings is 1. The van der Waals surface area contributed by atoms with Crippen LogP contribution in [0.4, 0.5) is 0 Å². The van der Waals surface area contributed by atoms with E-state index in [4.69, 9.17) is 4.99 Å². The average Bonchev–Trinajstić information content (AvgIpc) is 3.08. The molecule has 2 rings (SSSR count). The van der Waals surface area contributed by atoms with Gasteiger partial charge in [0, 0.05) is 44.0 Å². The van der Waals surface area contributed by atoms with Gasteiger partial charge in [-0.3, -0.25) is 9.79 Å². The second-order valence-electron chi connectivity index (χ2n) is 7.14. The van der Waals surface area contributed by atoms with Gasteiger partial charge in [0.1, 0.15) is 0 Å². The SMILES string of the molecule is CCNC(=NCCc1cccc(C(=O)N(C)C)c1)NC1CCC(SCC)C1. The maximum absolute atomic E-state index is 12.1. The van der Waals surface area contributed by atoms with E-state index in [2.05, 4.69) is 42.3 Å². The van der Waals surface area contributed by atoms with E-state index in [-0.39, 0.29) is 5.91 Å². The Kier molecular flexibility index (Phi) is 8.98. The molecule has 2 N–H and O–H groups in total. The predicted octanol–water partition coefficient (Wildman–Crippen LogP) is 3.16. The van der Waals surface area contributed by atoms with E-state index < -0.39 is 0 Å². The van der Waals surface area contributed by atoms with Crippen LogP contribution in [0.2, 0.25) is 0 Å². The smallest absolute Gasteiger partial charge is 0.253 e. The number of nitrogens with zero attached hydrogens (tertiary/aromatic N) is 2. The molecular weight excluding hydrogens is 356 g/mol. The van der Waals surface area contributed by atoms with E-state index in [9.17, 15) is 4.79 Å². The van der Waals surface area contributed by atoms with Gasteiger partial charge in [0.2, 0.25) is 0 Å². The zero-order valence-electron chi connectivity index (χ0n) is 17.1. The van der Waals surface area contributed by atoms with Crippen LogP contribution in [-0.4, -0.2) is 61.0 Å². The summed E-state index contributed by atoms with van der Waals surface area (Å²) in [4.78, 5) is 18.5. The average molecular weight is 391 g/mol. The Bertz CT molecular complexity index is 632. The molecule has 0 aromatic heterocycles. The lowest BCUT2D eigenvalue weighted by Crippen LogP contribution is -2.42. The number of thioether (sulfide) groups is 1. The maximum Gasteiger partial charge on any atom is 0.253 e. The Morgan fingerprint density at radius 2 is 2.11 bits per heavy atom. The number of guanidine groups is 1. The number of carbonyl (C=O) groups is 1. The van der Waals surface area contributed by atoms with Crippen molar-refractivity contribution in [2.24, 2.45) is 4.99 Å². The van der Waals surface area contributed by atoms with Crippen LogP contribution in [0.15, 0.2) is 29.3 Å². The van der Waals surface area contributed by atoms with Crippen LogP contribution in [-0.2, 0) is 6.42 Å². The number of rotatable bonds is 8. The van der Waals surface area contributed by atoms with Crippen LogP contribution in [0.25, 0.3) is 0 Å². The molecule has 1 saturated carbocycles. The molecule has 1 fully saturated rings. The van der Waals surface area contributed by atoms with Crippen molar-refractivity contribution < 1.29 is 4.79 Å². The van der Waals surface area contributed by atoms with Gasteiger partial charge in [0.25, 0.3) is 5.91 Å². The van der Waals surface area contributed by atoms with Crippen molar-refractivity contribution >= 4 is 23.6 Å². The number of hydrogen-bond donors (Lipinski definition) is 2. The van der Waals surface area contributed by atoms with Crippen molar-refractivity contribution in [1.82, 2.24) is 15.5 Å². The zero-order valence-corrected chi connectivity index (χ0v) is 17.9. The Labute approximate surface area is 168 Å². The van der Waals surface area contributed by atoms with Gasteiger partial charge in [0.15, 0.2) is 5.96 Å². The zero-order chi connectivity index (χ0) is 19.6. The Balaban J connectivity index is 1.90. The first-order chi connectivity index (χ1) is 13.0.